The fraction of sp³-hybridized carbons (Fsp3) is 0.444. The van der Waals surface area contributed by atoms with E-state index in [9.17, 15) is 14.4 Å². The van der Waals surface area contributed by atoms with Crippen LogP contribution in [0.4, 0.5) is 5.69 Å². The number of nitrogens with zero attached hydrogens (tertiary/aromatic N) is 1. The second kappa shape index (κ2) is 10.6. The number of benzene rings is 2. The van der Waals surface area contributed by atoms with E-state index in [1.165, 1.54) is 0 Å². The second-order valence-electron chi connectivity index (χ2n) is 9.73. The number of anilines is 1. The average Bonchev–Trinajstić information content (AvgIpc) is 2.77. The second-order valence-corrected chi connectivity index (χ2v) is 9.73. The Kier molecular flexibility index (Phi) is 7.90. The van der Waals surface area contributed by atoms with Crippen molar-refractivity contribution in [3.05, 3.63) is 64.7 Å². The molecule has 0 saturated carbocycles. The summed E-state index contributed by atoms with van der Waals surface area (Å²) >= 11 is 0. The van der Waals surface area contributed by atoms with Gasteiger partial charge in [-0.2, -0.15) is 0 Å². The van der Waals surface area contributed by atoms with Gasteiger partial charge in [-0.1, -0.05) is 52.0 Å². The van der Waals surface area contributed by atoms with Crippen LogP contribution in [0.2, 0.25) is 0 Å². The van der Waals surface area contributed by atoms with Crippen LogP contribution in [0, 0.1) is 18.8 Å². The van der Waals surface area contributed by atoms with Crippen LogP contribution >= 0.6 is 0 Å². The summed E-state index contributed by atoms with van der Waals surface area (Å²) in [5.74, 6) is 0.250. The summed E-state index contributed by atoms with van der Waals surface area (Å²) in [6, 6.07) is 12.7. The minimum atomic E-state index is -0.570. The minimum absolute atomic E-state index is 0.00598. The van der Waals surface area contributed by atoms with Gasteiger partial charge in [0.05, 0.1) is 0 Å². The molecule has 0 radical (unpaired) electrons. The first-order valence-corrected chi connectivity index (χ1v) is 11.7. The van der Waals surface area contributed by atoms with Crippen molar-refractivity contribution in [1.82, 2.24) is 10.2 Å². The number of hydrogen-bond acceptors (Lipinski definition) is 3. The van der Waals surface area contributed by atoms with Gasteiger partial charge in [0.1, 0.15) is 6.04 Å². The summed E-state index contributed by atoms with van der Waals surface area (Å²) in [5.41, 5.74) is 4.20. The standard InChI is InChI=1S/C27H35N3O3/c1-17(2)12-25(31)30-16-22-9-7-6-8-20(22)14-24(30)27(33)29-23-11-10-21(13-19(23)5)26(32)28-15-18(3)4/h6-11,13,17-18,24H,12,14-16H2,1-5H3,(H,28,32)(H,29,33). The van der Waals surface area contributed by atoms with Crippen molar-refractivity contribution >= 4 is 23.4 Å². The van der Waals surface area contributed by atoms with E-state index in [0.717, 1.165) is 16.7 Å². The monoisotopic (exact) mass is 449 g/mol. The number of nitrogens with one attached hydrogen (secondary N) is 2. The molecule has 1 aliphatic rings. The molecular weight excluding hydrogens is 414 g/mol. The molecule has 6 nitrogen and oxygen atoms in total. The van der Waals surface area contributed by atoms with Gasteiger partial charge in [0.2, 0.25) is 11.8 Å². The molecule has 3 amide bonds. The van der Waals surface area contributed by atoms with Gasteiger partial charge in [0.25, 0.3) is 5.91 Å². The van der Waals surface area contributed by atoms with Gasteiger partial charge < -0.3 is 15.5 Å². The summed E-state index contributed by atoms with van der Waals surface area (Å²) in [5, 5.41) is 5.91. The molecule has 6 heteroatoms. The molecule has 0 aromatic heterocycles. The van der Waals surface area contributed by atoms with Crippen LogP contribution in [0.25, 0.3) is 0 Å². The van der Waals surface area contributed by atoms with Crippen molar-refractivity contribution in [3.8, 4) is 0 Å². The maximum Gasteiger partial charge on any atom is 0.251 e. The number of amides is 3. The maximum absolute atomic E-state index is 13.3. The SMILES string of the molecule is Cc1cc(C(=O)NCC(C)C)ccc1NC(=O)C1Cc2ccccc2CN1C(=O)CC(C)C. The Morgan fingerprint density at radius 3 is 2.33 bits per heavy atom. The molecule has 0 fully saturated rings. The largest absolute Gasteiger partial charge is 0.352 e. The average molecular weight is 450 g/mol. The smallest absolute Gasteiger partial charge is 0.251 e. The van der Waals surface area contributed by atoms with E-state index < -0.39 is 6.04 Å². The Balaban J connectivity index is 1.78. The molecule has 1 atom stereocenters. The molecule has 1 unspecified atom stereocenters. The van der Waals surface area contributed by atoms with Gasteiger partial charge in [-0.3, -0.25) is 14.4 Å². The molecule has 0 spiro atoms. The third-order valence-corrected chi connectivity index (χ3v) is 5.87. The van der Waals surface area contributed by atoms with Gasteiger partial charge >= 0.3 is 0 Å². The van der Waals surface area contributed by atoms with Crippen LogP contribution in [0.3, 0.4) is 0 Å². The maximum atomic E-state index is 13.3. The highest BCUT2D eigenvalue weighted by Crippen LogP contribution is 2.26. The Morgan fingerprint density at radius 2 is 1.70 bits per heavy atom. The van der Waals surface area contributed by atoms with Gasteiger partial charge in [0, 0.05) is 37.2 Å². The van der Waals surface area contributed by atoms with E-state index >= 15 is 0 Å². The topological polar surface area (TPSA) is 78.5 Å². The first-order valence-electron chi connectivity index (χ1n) is 11.7. The highest BCUT2D eigenvalue weighted by atomic mass is 16.2. The lowest BCUT2D eigenvalue weighted by atomic mass is 9.92. The summed E-state index contributed by atoms with van der Waals surface area (Å²) in [6.07, 6.45) is 0.895. The minimum Gasteiger partial charge on any atom is -0.352 e. The molecule has 33 heavy (non-hydrogen) atoms. The van der Waals surface area contributed by atoms with Gasteiger partial charge in [-0.25, -0.2) is 0 Å². The van der Waals surface area contributed by atoms with Crippen molar-refractivity contribution in [2.24, 2.45) is 11.8 Å². The van der Waals surface area contributed by atoms with Crippen molar-refractivity contribution < 1.29 is 14.4 Å². The van der Waals surface area contributed by atoms with Gasteiger partial charge in [-0.05, 0) is 53.6 Å². The molecule has 2 aromatic carbocycles. The molecule has 1 aliphatic heterocycles. The molecule has 3 rings (SSSR count). The van der Waals surface area contributed by atoms with Crippen molar-refractivity contribution in [1.29, 1.82) is 0 Å². The molecule has 0 bridgehead atoms. The molecule has 1 heterocycles. The Hall–Kier alpha value is -3.15. The van der Waals surface area contributed by atoms with Crippen LogP contribution in [0.15, 0.2) is 42.5 Å². The van der Waals surface area contributed by atoms with E-state index in [0.29, 0.717) is 43.1 Å². The van der Waals surface area contributed by atoms with E-state index in [2.05, 4.69) is 10.6 Å². The van der Waals surface area contributed by atoms with E-state index in [-0.39, 0.29) is 23.6 Å². The van der Waals surface area contributed by atoms with Crippen molar-refractivity contribution in [2.45, 2.75) is 60.0 Å². The molecule has 2 N–H and O–H groups in total. The Morgan fingerprint density at radius 1 is 1.00 bits per heavy atom. The molecule has 176 valence electrons. The Bertz CT molecular complexity index is 1030. The van der Waals surface area contributed by atoms with Gasteiger partial charge in [-0.15, -0.1) is 0 Å². The van der Waals surface area contributed by atoms with Crippen LogP contribution in [-0.2, 0) is 22.6 Å². The fourth-order valence-corrected chi connectivity index (χ4v) is 4.05. The van der Waals surface area contributed by atoms with E-state index in [1.807, 2.05) is 58.9 Å². The normalized spacial score (nSPS) is 15.4. The van der Waals surface area contributed by atoms with Crippen LogP contribution in [-0.4, -0.2) is 35.2 Å². The number of carbonyl (C=O) groups is 3. The summed E-state index contributed by atoms with van der Waals surface area (Å²) < 4.78 is 0. The summed E-state index contributed by atoms with van der Waals surface area (Å²) in [6.45, 7) is 11.0. The summed E-state index contributed by atoms with van der Waals surface area (Å²) in [4.78, 5) is 40.4. The molecule has 2 aromatic rings. The number of carbonyl (C=O) groups excluding carboxylic acids is 3. The Labute approximate surface area is 196 Å². The zero-order valence-electron chi connectivity index (χ0n) is 20.3. The third kappa shape index (κ3) is 6.21. The molecular formula is C27H35N3O3. The summed E-state index contributed by atoms with van der Waals surface area (Å²) in [7, 11) is 0. The first kappa shape index (κ1) is 24.5. The number of fused-ring (bicyclic) bond motifs is 1. The van der Waals surface area contributed by atoms with E-state index in [4.69, 9.17) is 0 Å². The third-order valence-electron chi connectivity index (χ3n) is 5.87. The molecule has 0 saturated heterocycles. The number of rotatable bonds is 7. The van der Waals surface area contributed by atoms with Crippen LogP contribution in [0.5, 0.6) is 0 Å². The lowest BCUT2D eigenvalue weighted by Gasteiger charge is -2.36. The van der Waals surface area contributed by atoms with Crippen molar-refractivity contribution in [2.75, 3.05) is 11.9 Å². The van der Waals surface area contributed by atoms with Crippen molar-refractivity contribution in [3.63, 3.8) is 0 Å². The zero-order valence-corrected chi connectivity index (χ0v) is 20.3. The zero-order chi connectivity index (χ0) is 24.1. The van der Waals surface area contributed by atoms with E-state index in [1.54, 1.807) is 23.1 Å². The quantitative estimate of drug-likeness (QED) is 0.661. The number of aryl methyl sites for hydroxylation is 1. The first-order chi connectivity index (χ1) is 15.7. The van der Waals surface area contributed by atoms with Crippen LogP contribution < -0.4 is 10.6 Å². The van der Waals surface area contributed by atoms with Gasteiger partial charge in [0.15, 0.2) is 0 Å². The molecule has 0 aliphatic carbocycles. The predicted octanol–water partition coefficient (Wildman–Crippen LogP) is 4.32. The lowest BCUT2D eigenvalue weighted by molar-refractivity contribution is -0.140. The fourth-order valence-electron chi connectivity index (χ4n) is 4.05. The predicted molar refractivity (Wildman–Crippen MR) is 131 cm³/mol. The lowest BCUT2D eigenvalue weighted by Crippen LogP contribution is -2.50. The number of hydrogen-bond donors (Lipinski definition) is 2. The van der Waals surface area contributed by atoms with Crippen LogP contribution in [0.1, 0.15) is 61.2 Å². The highest BCUT2D eigenvalue weighted by Gasteiger charge is 2.34. The highest BCUT2D eigenvalue weighted by molar-refractivity contribution is 5.99.